The molecule has 1 aliphatic carbocycles. The molecule has 11 rings (SSSR count). The van der Waals surface area contributed by atoms with Gasteiger partial charge in [0.1, 0.15) is 0 Å². The van der Waals surface area contributed by atoms with E-state index >= 15 is 0 Å². The van der Waals surface area contributed by atoms with E-state index < -0.39 is 0 Å². The molecular formula is C52H34N4. The zero-order chi connectivity index (χ0) is 37.0. The van der Waals surface area contributed by atoms with Crippen LogP contribution in [0.4, 0.5) is 0 Å². The molecule has 56 heavy (non-hydrogen) atoms. The first-order valence-corrected chi connectivity index (χ1v) is 19.1. The monoisotopic (exact) mass is 714 g/mol. The molecule has 3 heterocycles. The molecule has 0 spiro atoms. The van der Waals surface area contributed by atoms with Gasteiger partial charge >= 0.3 is 0 Å². The topological polar surface area (TPSA) is 46.5 Å². The molecule has 0 amide bonds. The van der Waals surface area contributed by atoms with Gasteiger partial charge in [-0.05, 0) is 60.9 Å². The lowest BCUT2D eigenvalue weighted by Crippen LogP contribution is -2.07. The van der Waals surface area contributed by atoms with Crippen molar-refractivity contribution in [3.8, 4) is 61.8 Å². The molecule has 0 atom stereocenters. The van der Waals surface area contributed by atoms with Crippen molar-refractivity contribution in [1.82, 2.24) is 19.5 Å². The summed E-state index contributed by atoms with van der Waals surface area (Å²) in [5.41, 5.74) is 16.2. The van der Waals surface area contributed by atoms with Gasteiger partial charge in [0.2, 0.25) is 0 Å². The van der Waals surface area contributed by atoms with Crippen LogP contribution < -0.4 is 0 Å². The zero-order valence-corrected chi connectivity index (χ0v) is 30.5. The number of para-hydroxylation sites is 1. The van der Waals surface area contributed by atoms with Crippen LogP contribution >= 0.6 is 0 Å². The first-order valence-electron chi connectivity index (χ1n) is 19.1. The van der Waals surface area contributed by atoms with E-state index in [0.29, 0.717) is 5.82 Å². The maximum atomic E-state index is 5.29. The summed E-state index contributed by atoms with van der Waals surface area (Å²) in [4.78, 5) is 14.2. The van der Waals surface area contributed by atoms with Crippen LogP contribution in [0.15, 0.2) is 170 Å². The predicted molar refractivity (Wildman–Crippen MR) is 230 cm³/mol. The highest BCUT2D eigenvalue weighted by atomic mass is 15.0. The number of H-pyrrole nitrogens is 1. The third-order valence-corrected chi connectivity index (χ3v) is 11.1. The third kappa shape index (κ3) is 5.25. The van der Waals surface area contributed by atoms with E-state index in [9.17, 15) is 0 Å². The van der Waals surface area contributed by atoms with Gasteiger partial charge in [-0.15, -0.1) is 0 Å². The fourth-order valence-electron chi connectivity index (χ4n) is 8.52. The van der Waals surface area contributed by atoms with Gasteiger partial charge in [-0.25, -0.2) is 9.97 Å². The van der Waals surface area contributed by atoms with Crippen molar-refractivity contribution in [2.75, 3.05) is 0 Å². The second-order valence-corrected chi connectivity index (χ2v) is 14.4. The fourth-order valence-corrected chi connectivity index (χ4v) is 8.52. The number of rotatable bonds is 6. The summed E-state index contributed by atoms with van der Waals surface area (Å²) < 4.78 is 2.53. The van der Waals surface area contributed by atoms with Crippen LogP contribution in [0.5, 0.6) is 0 Å². The van der Waals surface area contributed by atoms with Crippen molar-refractivity contribution in [1.29, 1.82) is 0 Å². The smallest absolute Gasteiger partial charge is 0.160 e. The number of aromatic amines is 1. The lowest BCUT2D eigenvalue weighted by atomic mass is 9.91. The average molecular weight is 715 g/mol. The highest BCUT2D eigenvalue weighted by Gasteiger charge is 2.27. The molecule has 7 aromatic carbocycles. The van der Waals surface area contributed by atoms with Crippen LogP contribution in [0.1, 0.15) is 17.7 Å². The SMILES string of the molecule is c1cccc(-c2cc(-c3cc(-c4ccccc4)nc(-c4ccccc4)n3)cc(-c3ccccc3)c2-n2c3c(c4c5[nH]c6ccccc6c5ccc42)C=CCC3)c#1. The van der Waals surface area contributed by atoms with Gasteiger partial charge in [0.15, 0.2) is 5.82 Å². The van der Waals surface area contributed by atoms with Crippen molar-refractivity contribution >= 4 is 38.8 Å². The maximum Gasteiger partial charge on any atom is 0.160 e. The Bertz CT molecular complexity index is 2980. The van der Waals surface area contributed by atoms with Crippen LogP contribution in [0.3, 0.4) is 0 Å². The molecule has 0 bridgehead atoms. The van der Waals surface area contributed by atoms with Crippen molar-refractivity contribution in [3.63, 3.8) is 0 Å². The summed E-state index contributed by atoms with van der Waals surface area (Å²) in [6.07, 6.45) is 6.55. The van der Waals surface area contributed by atoms with E-state index in [1.54, 1.807) is 0 Å². The Kier molecular flexibility index (Phi) is 7.50. The van der Waals surface area contributed by atoms with Gasteiger partial charge in [-0.2, -0.15) is 0 Å². The van der Waals surface area contributed by atoms with Crippen molar-refractivity contribution in [2.24, 2.45) is 0 Å². The summed E-state index contributed by atoms with van der Waals surface area (Å²) in [7, 11) is 0. The van der Waals surface area contributed by atoms with Gasteiger partial charge in [0.05, 0.1) is 28.1 Å². The van der Waals surface area contributed by atoms with Gasteiger partial charge < -0.3 is 9.55 Å². The number of nitrogens with one attached hydrogen (secondary N) is 1. The number of benzene rings is 6. The van der Waals surface area contributed by atoms with E-state index in [0.717, 1.165) is 74.4 Å². The van der Waals surface area contributed by atoms with Gasteiger partial charge in [-0.3, -0.25) is 0 Å². The van der Waals surface area contributed by atoms with E-state index in [-0.39, 0.29) is 0 Å². The normalized spacial score (nSPS) is 12.3. The van der Waals surface area contributed by atoms with Crippen LogP contribution in [0.25, 0.3) is 101 Å². The molecule has 0 saturated heterocycles. The predicted octanol–water partition coefficient (Wildman–Crippen LogP) is 12.9. The van der Waals surface area contributed by atoms with Crippen LogP contribution in [0, 0.1) is 12.1 Å². The Morgan fingerprint density at radius 3 is 2.05 bits per heavy atom. The van der Waals surface area contributed by atoms with E-state index in [1.807, 2.05) is 30.3 Å². The number of hydrogen-bond acceptors (Lipinski definition) is 2. The summed E-state index contributed by atoms with van der Waals surface area (Å²) >= 11 is 0. The number of hydrogen-bond donors (Lipinski definition) is 1. The van der Waals surface area contributed by atoms with E-state index in [1.165, 1.54) is 38.4 Å². The van der Waals surface area contributed by atoms with Gasteiger partial charge in [-0.1, -0.05) is 146 Å². The standard InChI is InChI=1S/C52H34N4/c1-5-17-34(18-6-1)42-31-38(46-33-45(36-21-9-3-10-22-36)54-52(55-46)37-23-11-4-12-24-37)32-43(35-19-7-2-8-20-35)51(42)56-47-28-16-14-26-41(47)49-48(56)30-29-40-39-25-13-15-27-44(39)53-50(40)49/h1-7,9-15,17-19,21-27,29-33,53H,16,28H2. The largest absolute Gasteiger partial charge is 0.354 e. The Morgan fingerprint density at radius 1 is 0.589 bits per heavy atom. The molecule has 0 aliphatic heterocycles. The molecule has 262 valence electrons. The van der Waals surface area contributed by atoms with E-state index in [2.05, 4.69) is 167 Å². The minimum atomic E-state index is 0.688. The summed E-state index contributed by atoms with van der Waals surface area (Å²) in [6, 6.07) is 64.2. The van der Waals surface area contributed by atoms with Crippen molar-refractivity contribution < 1.29 is 0 Å². The lowest BCUT2D eigenvalue weighted by Gasteiger charge is -2.22. The van der Waals surface area contributed by atoms with Crippen molar-refractivity contribution in [3.05, 3.63) is 193 Å². The quantitative estimate of drug-likeness (QED) is 0.186. The molecule has 4 nitrogen and oxygen atoms in total. The van der Waals surface area contributed by atoms with Crippen LogP contribution in [-0.2, 0) is 6.42 Å². The Labute approximate surface area is 325 Å². The molecule has 0 saturated carbocycles. The lowest BCUT2D eigenvalue weighted by molar-refractivity contribution is 0.890. The van der Waals surface area contributed by atoms with Crippen LogP contribution in [-0.4, -0.2) is 19.5 Å². The Balaban J connectivity index is 1.25. The molecule has 1 aliphatic rings. The molecule has 0 radical (unpaired) electrons. The second kappa shape index (κ2) is 13.1. The second-order valence-electron chi connectivity index (χ2n) is 14.4. The van der Waals surface area contributed by atoms with E-state index in [4.69, 9.17) is 9.97 Å². The Hall–Kier alpha value is -7.48. The highest BCUT2D eigenvalue weighted by molar-refractivity contribution is 6.19. The first kappa shape index (κ1) is 32.0. The number of nitrogens with zero attached hydrogens (tertiary/aromatic N) is 3. The molecule has 10 aromatic rings. The summed E-state index contributed by atoms with van der Waals surface area (Å²) in [5, 5.41) is 3.73. The fraction of sp³-hybridized carbons (Fsp3) is 0.0385. The third-order valence-electron chi connectivity index (χ3n) is 11.1. The average Bonchev–Trinajstić information content (AvgIpc) is 3.83. The van der Waals surface area contributed by atoms with Gasteiger partial charge in [0.25, 0.3) is 0 Å². The number of allylic oxidation sites excluding steroid dienone is 1. The summed E-state index contributed by atoms with van der Waals surface area (Å²) in [5.74, 6) is 0.688. The molecular weight excluding hydrogens is 681 g/mol. The summed E-state index contributed by atoms with van der Waals surface area (Å²) in [6.45, 7) is 0. The van der Waals surface area contributed by atoms with Crippen molar-refractivity contribution in [2.45, 2.75) is 12.8 Å². The Morgan fingerprint density at radius 2 is 1.29 bits per heavy atom. The minimum Gasteiger partial charge on any atom is -0.354 e. The number of fused-ring (bicyclic) bond motifs is 7. The molecule has 0 unspecified atom stereocenters. The first-order chi connectivity index (χ1) is 27.8. The van der Waals surface area contributed by atoms with Gasteiger partial charge in [0, 0.05) is 66.3 Å². The minimum absolute atomic E-state index is 0.688. The molecule has 1 N–H and O–H groups in total. The number of aromatic nitrogens is 4. The van der Waals surface area contributed by atoms with Crippen LogP contribution in [0.2, 0.25) is 0 Å². The molecule has 3 aromatic heterocycles. The molecule has 0 fully saturated rings. The maximum absolute atomic E-state index is 5.29. The zero-order valence-electron chi connectivity index (χ0n) is 30.5. The molecule has 4 heteroatoms. The highest BCUT2D eigenvalue weighted by Crippen LogP contribution is 2.46.